The Kier molecular flexibility index (Phi) is 4.19. The summed E-state index contributed by atoms with van der Waals surface area (Å²) in [4.78, 5) is 29.9. The van der Waals surface area contributed by atoms with Gasteiger partial charge in [0.1, 0.15) is 5.82 Å². The molecule has 0 aromatic carbocycles. The number of carbonyl (C=O) groups excluding carboxylic acids is 1. The number of carboxylic acid groups (broad SMARTS) is 1. The van der Waals surface area contributed by atoms with Crippen molar-refractivity contribution in [3.63, 3.8) is 0 Å². The summed E-state index contributed by atoms with van der Waals surface area (Å²) in [6.45, 7) is 3.87. The van der Waals surface area contributed by atoms with Gasteiger partial charge in [-0.25, -0.2) is 9.78 Å². The monoisotopic (exact) mass is 252 g/mol. The normalized spacial score (nSPS) is 10.8. The lowest BCUT2D eigenvalue weighted by atomic mass is 9.92. The van der Waals surface area contributed by atoms with Gasteiger partial charge < -0.3 is 15.7 Å². The second-order valence-corrected chi connectivity index (χ2v) is 4.41. The van der Waals surface area contributed by atoms with E-state index < -0.39 is 11.4 Å². The molecule has 0 aliphatic rings. The minimum atomic E-state index is -1.14. The van der Waals surface area contributed by atoms with Crippen molar-refractivity contribution in [3.05, 3.63) is 18.1 Å². The van der Waals surface area contributed by atoms with Crippen LogP contribution in [-0.4, -0.2) is 40.5 Å². The van der Waals surface area contributed by atoms with E-state index >= 15 is 0 Å². The zero-order valence-corrected chi connectivity index (χ0v) is 10.5. The summed E-state index contributed by atoms with van der Waals surface area (Å²) in [6, 6.07) is 0. The molecule has 0 saturated carbocycles. The number of nitrogens with one attached hydrogen (secondary N) is 2. The number of aromatic nitrogens is 2. The molecule has 1 heterocycles. The van der Waals surface area contributed by atoms with Crippen molar-refractivity contribution < 1.29 is 14.7 Å². The van der Waals surface area contributed by atoms with Gasteiger partial charge in [0.15, 0.2) is 5.69 Å². The molecule has 0 spiro atoms. The Morgan fingerprint density at radius 1 is 1.39 bits per heavy atom. The van der Waals surface area contributed by atoms with Crippen LogP contribution in [0.1, 0.15) is 24.3 Å². The predicted molar refractivity (Wildman–Crippen MR) is 65.3 cm³/mol. The summed E-state index contributed by atoms with van der Waals surface area (Å²) < 4.78 is 0. The van der Waals surface area contributed by atoms with Gasteiger partial charge in [-0.05, 0) is 13.8 Å². The molecular formula is C11H16N4O3. The number of carbonyl (C=O) groups is 2. The molecule has 0 fully saturated rings. The van der Waals surface area contributed by atoms with Gasteiger partial charge in [0, 0.05) is 13.6 Å². The number of anilines is 1. The van der Waals surface area contributed by atoms with Crippen LogP contribution in [0.4, 0.5) is 5.82 Å². The first kappa shape index (κ1) is 13.9. The third kappa shape index (κ3) is 3.41. The second kappa shape index (κ2) is 5.44. The minimum Gasteiger partial charge on any atom is -0.476 e. The third-order valence-corrected chi connectivity index (χ3v) is 2.41. The summed E-state index contributed by atoms with van der Waals surface area (Å²) in [5.41, 5.74) is -0.770. The van der Waals surface area contributed by atoms with Crippen molar-refractivity contribution in [2.45, 2.75) is 13.8 Å². The Balaban J connectivity index is 2.72. The lowest BCUT2D eigenvalue weighted by Crippen LogP contribution is -2.39. The van der Waals surface area contributed by atoms with Crippen molar-refractivity contribution in [2.75, 3.05) is 18.9 Å². The van der Waals surface area contributed by atoms with Gasteiger partial charge in [-0.3, -0.25) is 9.78 Å². The van der Waals surface area contributed by atoms with Crippen LogP contribution < -0.4 is 10.6 Å². The van der Waals surface area contributed by atoms with Crippen LogP contribution in [-0.2, 0) is 4.79 Å². The summed E-state index contributed by atoms with van der Waals surface area (Å²) in [6.07, 6.45) is 2.57. The molecule has 98 valence electrons. The average molecular weight is 252 g/mol. The zero-order chi connectivity index (χ0) is 13.8. The summed E-state index contributed by atoms with van der Waals surface area (Å²) in [5, 5.41) is 14.2. The van der Waals surface area contributed by atoms with Crippen molar-refractivity contribution in [1.82, 2.24) is 15.3 Å². The maximum atomic E-state index is 11.5. The molecule has 0 bridgehead atoms. The molecule has 0 saturated heterocycles. The number of hydrogen-bond acceptors (Lipinski definition) is 5. The summed E-state index contributed by atoms with van der Waals surface area (Å²) in [5.74, 6) is -0.930. The van der Waals surface area contributed by atoms with E-state index in [1.807, 2.05) is 0 Å². The van der Waals surface area contributed by atoms with Gasteiger partial charge in [0.2, 0.25) is 5.91 Å². The van der Waals surface area contributed by atoms with E-state index in [9.17, 15) is 9.59 Å². The van der Waals surface area contributed by atoms with Crippen LogP contribution in [0.3, 0.4) is 0 Å². The minimum absolute atomic E-state index is 0.114. The molecule has 7 nitrogen and oxygen atoms in total. The molecule has 1 aromatic heterocycles. The van der Waals surface area contributed by atoms with Gasteiger partial charge in [0.25, 0.3) is 0 Å². The average Bonchev–Trinajstić information content (AvgIpc) is 2.35. The number of rotatable bonds is 5. The van der Waals surface area contributed by atoms with E-state index in [1.165, 1.54) is 6.20 Å². The summed E-state index contributed by atoms with van der Waals surface area (Å²) in [7, 11) is 1.56. The fourth-order valence-electron chi connectivity index (χ4n) is 1.28. The number of aromatic carboxylic acids is 1. The lowest BCUT2D eigenvalue weighted by Gasteiger charge is -2.22. The second-order valence-electron chi connectivity index (χ2n) is 4.41. The highest BCUT2D eigenvalue weighted by atomic mass is 16.4. The SMILES string of the molecule is CNC(=O)C(C)(C)CNc1cncc(C(=O)O)n1. The molecule has 0 unspecified atom stereocenters. The van der Waals surface area contributed by atoms with Gasteiger partial charge in [-0.15, -0.1) is 0 Å². The molecule has 0 atom stereocenters. The topological polar surface area (TPSA) is 104 Å². The zero-order valence-electron chi connectivity index (χ0n) is 10.5. The standard InChI is InChI=1S/C11H16N4O3/c1-11(2,10(18)12-3)6-14-8-5-13-4-7(15-8)9(16)17/h4-5H,6H2,1-3H3,(H,12,18)(H,14,15)(H,16,17). The Hall–Kier alpha value is -2.18. The van der Waals surface area contributed by atoms with Crippen molar-refractivity contribution in [3.8, 4) is 0 Å². The highest BCUT2D eigenvalue weighted by Crippen LogP contribution is 2.15. The van der Waals surface area contributed by atoms with Gasteiger partial charge in [-0.1, -0.05) is 0 Å². The first-order valence-electron chi connectivity index (χ1n) is 5.38. The van der Waals surface area contributed by atoms with Crippen molar-refractivity contribution >= 4 is 17.7 Å². The molecule has 3 N–H and O–H groups in total. The Labute approximate surface area is 105 Å². The first-order chi connectivity index (χ1) is 8.36. The highest BCUT2D eigenvalue weighted by molar-refractivity contribution is 5.85. The van der Waals surface area contributed by atoms with E-state index in [-0.39, 0.29) is 11.6 Å². The van der Waals surface area contributed by atoms with E-state index in [4.69, 9.17) is 5.11 Å². The lowest BCUT2D eigenvalue weighted by molar-refractivity contribution is -0.128. The fraction of sp³-hybridized carbons (Fsp3) is 0.455. The molecule has 18 heavy (non-hydrogen) atoms. The molecule has 7 heteroatoms. The van der Waals surface area contributed by atoms with Crippen LogP contribution >= 0.6 is 0 Å². The maximum Gasteiger partial charge on any atom is 0.356 e. The molecule has 0 aliphatic carbocycles. The van der Waals surface area contributed by atoms with Gasteiger partial charge >= 0.3 is 5.97 Å². The number of amides is 1. The maximum absolute atomic E-state index is 11.5. The predicted octanol–water partition coefficient (Wildman–Crippen LogP) is 0.359. The molecular weight excluding hydrogens is 236 g/mol. The van der Waals surface area contributed by atoms with Crippen molar-refractivity contribution in [1.29, 1.82) is 0 Å². The largest absolute Gasteiger partial charge is 0.476 e. The Bertz CT molecular complexity index is 459. The Morgan fingerprint density at radius 2 is 2.06 bits per heavy atom. The quantitative estimate of drug-likeness (QED) is 0.699. The third-order valence-electron chi connectivity index (χ3n) is 2.41. The Morgan fingerprint density at radius 3 is 2.61 bits per heavy atom. The van der Waals surface area contributed by atoms with E-state index in [0.717, 1.165) is 6.20 Å². The highest BCUT2D eigenvalue weighted by Gasteiger charge is 2.26. The summed E-state index contributed by atoms with van der Waals surface area (Å²) >= 11 is 0. The number of hydrogen-bond donors (Lipinski definition) is 3. The van der Waals surface area contributed by atoms with Crippen LogP contribution in [0.25, 0.3) is 0 Å². The first-order valence-corrected chi connectivity index (χ1v) is 5.38. The molecule has 0 aliphatic heterocycles. The smallest absolute Gasteiger partial charge is 0.356 e. The molecule has 1 aromatic rings. The van der Waals surface area contributed by atoms with Gasteiger partial charge in [-0.2, -0.15) is 0 Å². The fourth-order valence-corrected chi connectivity index (χ4v) is 1.28. The van der Waals surface area contributed by atoms with E-state index in [0.29, 0.717) is 12.4 Å². The van der Waals surface area contributed by atoms with Crippen LogP contribution in [0.2, 0.25) is 0 Å². The van der Waals surface area contributed by atoms with Crippen LogP contribution in [0, 0.1) is 5.41 Å². The van der Waals surface area contributed by atoms with Gasteiger partial charge in [0.05, 0.1) is 17.8 Å². The van der Waals surface area contributed by atoms with E-state index in [1.54, 1.807) is 20.9 Å². The van der Waals surface area contributed by atoms with Crippen LogP contribution in [0.15, 0.2) is 12.4 Å². The van der Waals surface area contributed by atoms with E-state index in [2.05, 4.69) is 20.6 Å². The molecule has 0 radical (unpaired) electrons. The molecule has 1 rings (SSSR count). The van der Waals surface area contributed by atoms with Crippen LogP contribution in [0.5, 0.6) is 0 Å². The number of carboxylic acids is 1. The number of nitrogens with zero attached hydrogens (tertiary/aromatic N) is 2. The van der Waals surface area contributed by atoms with Crippen molar-refractivity contribution in [2.24, 2.45) is 5.41 Å². The molecule has 1 amide bonds.